The van der Waals surface area contributed by atoms with Gasteiger partial charge < -0.3 is 4.90 Å². The first-order chi connectivity index (χ1) is 9.97. The monoisotopic (exact) mass is 293 g/mol. The van der Waals surface area contributed by atoms with Crippen LogP contribution in [0.3, 0.4) is 0 Å². The van der Waals surface area contributed by atoms with Gasteiger partial charge in [-0.15, -0.1) is 0 Å². The number of fused-ring (bicyclic) bond motifs is 1. The maximum Gasteiger partial charge on any atom is 0.274 e. The number of alkyl halides is 2. The lowest BCUT2D eigenvalue weighted by Crippen LogP contribution is -2.26. The van der Waals surface area contributed by atoms with E-state index in [1.165, 1.54) is 12.3 Å². The van der Waals surface area contributed by atoms with E-state index in [4.69, 9.17) is 0 Å². The zero-order chi connectivity index (χ0) is 15.5. The number of hydrogen-bond donors (Lipinski definition) is 0. The molecule has 1 unspecified atom stereocenters. The van der Waals surface area contributed by atoms with Crippen LogP contribution in [0.4, 0.5) is 8.78 Å². The molecular formula is C17H21F2NO. The highest BCUT2D eigenvalue weighted by Crippen LogP contribution is 2.35. The molecule has 2 aliphatic heterocycles. The molecule has 0 bridgehead atoms. The van der Waals surface area contributed by atoms with Gasteiger partial charge >= 0.3 is 0 Å². The van der Waals surface area contributed by atoms with Crippen LogP contribution in [-0.4, -0.2) is 17.1 Å². The van der Waals surface area contributed by atoms with E-state index < -0.39 is 5.92 Å². The van der Waals surface area contributed by atoms with Crippen molar-refractivity contribution in [2.75, 3.05) is 0 Å². The Morgan fingerprint density at radius 2 is 2.05 bits per heavy atom. The van der Waals surface area contributed by atoms with E-state index in [2.05, 4.69) is 6.92 Å². The maximum atomic E-state index is 14.1. The first-order valence-electron chi connectivity index (χ1n) is 7.41. The third-order valence-corrected chi connectivity index (χ3v) is 3.82. The Hall–Kier alpha value is -1.71. The lowest BCUT2D eigenvalue weighted by molar-refractivity contribution is -0.105. The first kappa shape index (κ1) is 15.7. The quantitative estimate of drug-likeness (QED) is 0.707. The summed E-state index contributed by atoms with van der Waals surface area (Å²) in [6.07, 6.45) is 11.0. The summed E-state index contributed by atoms with van der Waals surface area (Å²) < 4.78 is 28.1. The summed E-state index contributed by atoms with van der Waals surface area (Å²) in [6, 6.07) is 0. The molecule has 0 aliphatic carbocycles. The molecule has 4 heteroatoms. The van der Waals surface area contributed by atoms with Crippen molar-refractivity contribution in [1.29, 1.82) is 0 Å². The standard InChI is InChI=1S/C17H21F2NO/c1-3-10-17(18,19)14-6-9-15-7-4-13(2)5-8-16(12-21)20(15)11-14/h6-9,11-13H,3-5,10H2,1-2H3. The lowest BCUT2D eigenvalue weighted by Gasteiger charge is -2.30. The van der Waals surface area contributed by atoms with Crippen LogP contribution in [0.2, 0.25) is 0 Å². The van der Waals surface area contributed by atoms with E-state index in [0.717, 1.165) is 24.8 Å². The number of carbonyl (C=O) groups excluding carboxylic acids is 1. The van der Waals surface area contributed by atoms with Crippen LogP contribution >= 0.6 is 0 Å². The van der Waals surface area contributed by atoms with Crippen molar-refractivity contribution < 1.29 is 13.6 Å². The minimum absolute atomic E-state index is 0.0390. The lowest BCUT2D eigenvalue weighted by atomic mass is 9.97. The predicted octanol–water partition coefficient (Wildman–Crippen LogP) is 4.57. The average Bonchev–Trinajstić information content (AvgIpc) is 2.44. The topological polar surface area (TPSA) is 20.3 Å². The van der Waals surface area contributed by atoms with Gasteiger partial charge in [0.25, 0.3) is 5.92 Å². The summed E-state index contributed by atoms with van der Waals surface area (Å²) in [4.78, 5) is 12.9. The summed E-state index contributed by atoms with van der Waals surface area (Å²) in [5, 5.41) is 0. The summed E-state index contributed by atoms with van der Waals surface area (Å²) >= 11 is 0. The summed E-state index contributed by atoms with van der Waals surface area (Å²) in [6.45, 7) is 3.84. The van der Waals surface area contributed by atoms with Crippen LogP contribution in [0.15, 0.2) is 47.5 Å². The normalized spacial score (nSPS) is 22.6. The number of carbonyl (C=O) groups is 1. The van der Waals surface area contributed by atoms with Gasteiger partial charge in [-0.3, -0.25) is 4.79 Å². The van der Waals surface area contributed by atoms with Gasteiger partial charge in [-0.2, -0.15) is 0 Å². The Bertz CT molecular complexity index is 513. The molecule has 0 fully saturated rings. The molecular weight excluding hydrogens is 272 g/mol. The van der Waals surface area contributed by atoms with Gasteiger partial charge in [0, 0.05) is 23.9 Å². The molecule has 0 aromatic heterocycles. The van der Waals surface area contributed by atoms with Gasteiger partial charge in [0.05, 0.1) is 5.70 Å². The summed E-state index contributed by atoms with van der Waals surface area (Å²) in [5.41, 5.74) is 1.18. The van der Waals surface area contributed by atoms with E-state index in [-0.39, 0.29) is 12.0 Å². The number of hydrogen-bond acceptors (Lipinski definition) is 2. The average molecular weight is 293 g/mol. The number of aldehydes is 1. The smallest absolute Gasteiger partial charge is 0.274 e. The van der Waals surface area contributed by atoms with Crippen molar-refractivity contribution in [3.05, 3.63) is 47.5 Å². The fourth-order valence-electron chi connectivity index (χ4n) is 2.52. The first-order valence-corrected chi connectivity index (χ1v) is 7.41. The van der Waals surface area contributed by atoms with Gasteiger partial charge in [0.15, 0.2) is 6.29 Å². The molecule has 0 N–H and O–H groups in total. The molecule has 2 rings (SSSR count). The minimum Gasteiger partial charge on any atom is -0.314 e. The predicted molar refractivity (Wildman–Crippen MR) is 79.5 cm³/mol. The van der Waals surface area contributed by atoms with Gasteiger partial charge in [-0.05, 0) is 30.9 Å². The van der Waals surface area contributed by atoms with Gasteiger partial charge in [0.2, 0.25) is 0 Å². The van der Waals surface area contributed by atoms with E-state index in [0.29, 0.717) is 18.0 Å². The number of allylic oxidation sites excluding steroid dienone is 6. The molecule has 0 aromatic rings. The molecule has 2 aliphatic rings. The van der Waals surface area contributed by atoms with Crippen molar-refractivity contribution in [2.24, 2.45) is 5.92 Å². The van der Waals surface area contributed by atoms with Crippen LogP contribution in [0.5, 0.6) is 0 Å². The Labute approximate surface area is 124 Å². The third-order valence-electron chi connectivity index (χ3n) is 3.82. The van der Waals surface area contributed by atoms with Crippen molar-refractivity contribution in [2.45, 2.75) is 45.5 Å². The number of nitrogens with zero attached hydrogens (tertiary/aromatic N) is 1. The third kappa shape index (κ3) is 3.49. The molecule has 0 amide bonds. The Kier molecular flexibility index (Phi) is 4.76. The second-order valence-corrected chi connectivity index (χ2v) is 5.69. The van der Waals surface area contributed by atoms with Crippen LogP contribution in [0, 0.1) is 5.92 Å². The Balaban J connectivity index is 2.37. The molecule has 0 spiro atoms. The number of halogens is 2. The van der Waals surface area contributed by atoms with Crippen LogP contribution in [-0.2, 0) is 4.79 Å². The highest BCUT2D eigenvalue weighted by Gasteiger charge is 2.34. The molecule has 114 valence electrons. The Morgan fingerprint density at radius 1 is 1.33 bits per heavy atom. The second-order valence-electron chi connectivity index (χ2n) is 5.69. The fourth-order valence-corrected chi connectivity index (χ4v) is 2.52. The van der Waals surface area contributed by atoms with Gasteiger partial charge in [-0.1, -0.05) is 32.4 Å². The molecule has 0 saturated carbocycles. The second kappa shape index (κ2) is 6.37. The summed E-state index contributed by atoms with van der Waals surface area (Å²) in [5.74, 6) is -2.42. The SMILES string of the molecule is CCCC(F)(F)C1=CN2C(C=O)=CCC(C)CC=C2C=C1. The summed E-state index contributed by atoms with van der Waals surface area (Å²) in [7, 11) is 0. The van der Waals surface area contributed by atoms with Crippen molar-refractivity contribution in [1.82, 2.24) is 4.90 Å². The molecule has 0 radical (unpaired) electrons. The fraction of sp³-hybridized carbons (Fsp3) is 0.471. The van der Waals surface area contributed by atoms with Gasteiger partial charge in [0.1, 0.15) is 0 Å². The van der Waals surface area contributed by atoms with Crippen LogP contribution in [0.25, 0.3) is 0 Å². The molecule has 2 heterocycles. The molecule has 1 atom stereocenters. The Morgan fingerprint density at radius 3 is 2.71 bits per heavy atom. The number of rotatable bonds is 4. The molecule has 2 nitrogen and oxygen atoms in total. The maximum absolute atomic E-state index is 14.1. The van der Waals surface area contributed by atoms with E-state index in [1.807, 2.05) is 12.2 Å². The van der Waals surface area contributed by atoms with Crippen LogP contribution < -0.4 is 0 Å². The van der Waals surface area contributed by atoms with Gasteiger partial charge in [-0.25, -0.2) is 8.78 Å². The molecule has 21 heavy (non-hydrogen) atoms. The minimum atomic E-state index is -2.86. The van der Waals surface area contributed by atoms with E-state index in [1.54, 1.807) is 17.9 Å². The largest absolute Gasteiger partial charge is 0.314 e. The molecule has 0 saturated heterocycles. The highest BCUT2D eigenvalue weighted by molar-refractivity contribution is 5.74. The van der Waals surface area contributed by atoms with Crippen molar-refractivity contribution >= 4 is 6.29 Å². The van der Waals surface area contributed by atoms with Crippen molar-refractivity contribution in [3.63, 3.8) is 0 Å². The zero-order valence-corrected chi connectivity index (χ0v) is 12.5. The van der Waals surface area contributed by atoms with Crippen LogP contribution in [0.1, 0.15) is 39.5 Å². The highest BCUT2D eigenvalue weighted by atomic mass is 19.3. The van der Waals surface area contributed by atoms with E-state index in [9.17, 15) is 13.6 Å². The van der Waals surface area contributed by atoms with Crippen molar-refractivity contribution in [3.8, 4) is 0 Å². The van der Waals surface area contributed by atoms with E-state index >= 15 is 0 Å². The molecule has 0 aromatic carbocycles. The zero-order valence-electron chi connectivity index (χ0n) is 12.5.